The molecule has 0 unspecified atom stereocenters. The zero-order valence-corrected chi connectivity index (χ0v) is 12.4. The number of aromatic nitrogens is 1. The number of hydrogen-bond acceptors (Lipinski definition) is 5. The summed E-state index contributed by atoms with van der Waals surface area (Å²) < 4.78 is 10.5. The molecular weight excluding hydrogens is 282 g/mol. The molecule has 5 nitrogen and oxygen atoms in total. The lowest BCUT2D eigenvalue weighted by molar-refractivity contribution is 0.0599. The molecular formula is C17H15NO4. The fraction of sp³-hybridized carbons (Fsp3) is 0.235. The van der Waals surface area contributed by atoms with Crippen LogP contribution < -0.4 is 5.43 Å². The number of rotatable bonds is 3. The molecule has 0 N–H and O–H groups in total. The Hall–Kier alpha value is -2.69. The molecule has 0 aliphatic carbocycles. The smallest absolute Gasteiger partial charge is 0.339 e. The Labute approximate surface area is 126 Å². The van der Waals surface area contributed by atoms with Crippen LogP contribution in [-0.2, 0) is 11.2 Å². The molecule has 2 heterocycles. The molecule has 3 aromatic rings. The van der Waals surface area contributed by atoms with Crippen molar-refractivity contribution in [1.29, 1.82) is 0 Å². The van der Waals surface area contributed by atoms with Gasteiger partial charge in [-0.1, -0.05) is 25.5 Å². The summed E-state index contributed by atoms with van der Waals surface area (Å²) in [5.41, 5.74) is 1.73. The molecule has 22 heavy (non-hydrogen) atoms. The number of para-hydroxylation sites is 1. The number of fused-ring (bicyclic) bond motifs is 2. The van der Waals surface area contributed by atoms with E-state index in [0.29, 0.717) is 34.2 Å². The van der Waals surface area contributed by atoms with Gasteiger partial charge in [0.2, 0.25) is 5.43 Å². The quantitative estimate of drug-likeness (QED) is 0.549. The van der Waals surface area contributed by atoms with Crippen LogP contribution in [0.2, 0.25) is 0 Å². The van der Waals surface area contributed by atoms with Crippen LogP contribution in [-0.4, -0.2) is 18.1 Å². The normalized spacial score (nSPS) is 11.0. The van der Waals surface area contributed by atoms with E-state index >= 15 is 0 Å². The Morgan fingerprint density at radius 3 is 2.77 bits per heavy atom. The van der Waals surface area contributed by atoms with E-state index in [9.17, 15) is 9.59 Å². The highest BCUT2D eigenvalue weighted by Crippen LogP contribution is 2.21. The maximum atomic E-state index is 12.6. The molecule has 5 heteroatoms. The number of hydrogen-bond donors (Lipinski definition) is 0. The van der Waals surface area contributed by atoms with Gasteiger partial charge in [0, 0.05) is 0 Å². The maximum absolute atomic E-state index is 12.6. The number of methoxy groups -OCH3 is 1. The fourth-order valence-electron chi connectivity index (χ4n) is 2.48. The van der Waals surface area contributed by atoms with Crippen molar-refractivity contribution in [3.63, 3.8) is 0 Å². The first-order chi connectivity index (χ1) is 10.7. The van der Waals surface area contributed by atoms with Crippen molar-refractivity contribution in [2.75, 3.05) is 7.11 Å². The van der Waals surface area contributed by atoms with Gasteiger partial charge >= 0.3 is 5.97 Å². The van der Waals surface area contributed by atoms with Crippen LogP contribution >= 0.6 is 0 Å². The first-order valence-corrected chi connectivity index (χ1v) is 7.09. The van der Waals surface area contributed by atoms with Crippen LogP contribution in [0.1, 0.15) is 29.4 Å². The van der Waals surface area contributed by atoms with Gasteiger partial charge in [-0.05, 0) is 24.6 Å². The van der Waals surface area contributed by atoms with Crippen molar-refractivity contribution in [3.05, 3.63) is 51.8 Å². The SMILES string of the molecule is CCCc1nc2c(=O)c3ccccc3oc2cc1C(=O)OC. The standard InChI is InChI=1S/C17H15NO4/c1-3-6-12-11(17(20)21-2)9-14-15(18-12)16(19)10-7-4-5-8-13(10)22-14/h4-5,7-9H,3,6H2,1-2H3. The Bertz CT molecular complexity index is 927. The summed E-state index contributed by atoms with van der Waals surface area (Å²) in [6.45, 7) is 1.98. The minimum Gasteiger partial charge on any atom is -0.465 e. The molecule has 1 aromatic carbocycles. The van der Waals surface area contributed by atoms with Gasteiger partial charge in [0.25, 0.3) is 0 Å². The maximum Gasteiger partial charge on any atom is 0.339 e. The third-order valence-electron chi connectivity index (χ3n) is 3.53. The van der Waals surface area contributed by atoms with E-state index in [-0.39, 0.29) is 10.9 Å². The number of pyridine rings is 1. The number of nitrogens with zero attached hydrogens (tertiary/aromatic N) is 1. The monoisotopic (exact) mass is 297 g/mol. The van der Waals surface area contributed by atoms with E-state index in [1.807, 2.05) is 6.92 Å². The number of ether oxygens (including phenoxy) is 1. The predicted octanol–water partition coefficient (Wildman–Crippen LogP) is 3.08. The lowest BCUT2D eigenvalue weighted by atomic mass is 10.1. The minimum absolute atomic E-state index is 0.189. The summed E-state index contributed by atoms with van der Waals surface area (Å²) in [5, 5.41) is 0.482. The molecule has 112 valence electrons. The largest absolute Gasteiger partial charge is 0.465 e. The summed E-state index contributed by atoms with van der Waals surface area (Å²) in [7, 11) is 1.32. The molecule has 0 spiro atoms. The van der Waals surface area contributed by atoms with Crippen LogP contribution in [0.3, 0.4) is 0 Å². The lowest BCUT2D eigenvalue weighted by Gasteiger charge is -2.08. The first-order valence-electron chi connectivity index (χ1n) is 7.09. The van der Waals surface area contributed by atoms with Crippen LogP contribution in [0.5, 0.6) is 0 Å². The number of carbonyl (C=O) groups excluding carboxylic acids is 1. The van der Waals surface area contributed by atoms with Crippen LogP contribution in [0.15, 0.2) is 39.5 Å². The van der Waals surface area contributed by atoms with Gasteiger partial charge < -0.3 is 9.15 Å². The molecule has 0 atom stereocenters. The van der Waals surface area contributed by atoms with Gasteiger partial charge in [0.05, 0.1) is 23.8 Å². The zero-order valence-electron chi connectivity index (χ0n) is 12.4. The molecule has 0 aliphatic heterocycles. The van der Waals surface area contributed by atoms with Crippen molar-refractivity contribution in [2.45, 2.75) is 19.8 Å². The molecule has 2 aromatic heterocycles. The topological polar surface area (TPSA) is 69.4 Å². The Morgan fingerprint density at radius 2 is 2.05 bits per heavy atom. The second kappa shape index (κ2) is 5.60. The molecule has 3 rings (SSSR count). The van der Waals surface area contributed by atoms with Gasteiger partial charge in [-0.15, -0.1) is 0 Å². The Morgan fingerprint density at radius 1 is 1.27 bits per heavy atom. The second-order valence-corrected chi connectivity index (χ2v) is 5.00. The van der Waals surface area contributed by atoms with Crippen molar-refractivity contribution < 1.29 is 13.9 Å². The summed E-state index contributed by atoms with van der Waals surface area (Å²) >= 11 is 0. The third kappa shape index (κ3) is 2.24. The number of benzene rings is 1. The minimum atomic E-state index is -0.478. The zero-order chi connectivity index (χ0) is 15.7. The van der Waals surface area contributed by atoms with Crippen LogP contribution in [0.4, 0.5) is 0 Å². The van der Waals surface area contributed by atoms with Crippen molar-refractivity contribution in [1.82, 2.24) is 4.98 Å². The summed E-state index contributed by atoms with van der Waals surface area (Å²) in [4.78, 5) is 28.9. The highest BCUT2D eigenvalue weighted by Gasteiger charge is 2.18. The van der Waals surface area contributed by atoms with Gasteiger partial charge in [-0.25, -0.2) is 9.78 Å². The number of carbonyl (C=O) groups is 1. The van der Waals surface area contributed by atoms with Crippen molar-refractivity contribution >= 4 is 28.0 Å². The predicted molar refractivity (Wildman–Crippen MR) is 83.1 cm³/mol. The van der Waals surface area contributed by atoms with Gasteiger partial charge in [-0.2, -0.15) is 0 Å². The lowest BCUT2D eigenvalue weighted by Crippen LogP contribution is -2.12. The highest BCUT2D eigenvalue weighted by atomic mass is 16.5. The highest BCUT2D eigenvalue weighted by molar-refractivity contribution is 5.95. The molecule has 0 saturated carbocycles. The molecule has 0 aliphatic rings. The molecule has 0 saturated heterocycles. The van der Waals surface area contributed by atoms with E-state index in [2.05, 4.69) is 4.98 Å². The number of aryl methyl sites for hydroxylation is 1. The fourth-order valence-corrected chi connectivity index (χ4v) is 2.48. The van der Waals surface area contributed by atoms with Gasteiger partial charge in [-0.3, -0.25) is 4.79 Å². The summed E-state index contributed by atoms with van der Waals surface area (Å²) in [5.74, 6) is -0.478. The Balaban J connectivity index is 2.39. The second-order valence-electron chi connectivity index (χ2n) is 5.00. The number of esters is 1. The Kier molecular flexibility index (Phi) is 3.63. The van der Waals surface area contributed by atoms with E-state index in [1.165, 1.54) is 7.11 Å². The molecule has 0 amide bonds. The van der Waals surface area contributed by atoms with E-state index in [0.717, 1.165) is 6.42 Å². The van der Waals surface area contributed by atoms with Crippen LogP contribution in [0.25, 0.3) is 22.1 Å². The average Bonchev–Trinajstić information content (AvgIpc) is 2.55. The molecule has 0 fully saturated rings. The van der Waals surface area contributed by atoms with Crippen LogP contribution in [0, 0.1) is 0 Å². The molecule has 0 bridgehead atoms. The average molecular weight is 297 g/mol. The van der Waals surface area contributed by atoms with Crippen molar-refractivity contribution in [3.8, 4) is 0 Å². The van der Waals surface area contributed by atoms with Gasteiger partial charge in [0.15, 0.2) is 11.1 Å². The van der Waals surface area contributed by atoms with E-state index in [4.69, 9.17) is 9.15 Å². The summed E-state index contributed by atoms with van der Waals surface area (Å²) in [6.07, 6.45) is 1.40. The van der Waals surface area contributed by atoms with Crippen molar-refractivity contribution in [2.24, 2.45) is 0 Å². The van der Waals surface area contributed by atoms with E-state index < -0.39 is 5.97 Å². The third-order valence-corrected chi connectivity index (χ3v) is 3.53. The summed E-state index contributed by atoms with van der Waals surface area (Å²) in [6, 6.07) is 8.54. The first kappa shape index (κ1) is 14.3. The van der Waals surface area contributed by atoms with E-state index in [1.54, 1.807) is 30.3 Å². The molecule has 0 radical (unpaired) electrons. The van der Waals surface area contributed by atoms with Gasteiger partial charge in [0.1, 0.15) is 5.58 Å².